The molecule has 0 aromatic carbocycles. The molecule has 0 aliphatic rings. The molecule has 0 aliphatic heterocycles. The highest BCUT2D eigenvalue weighted by Gasteiger charge is 2.06. The van der Waals surface area contributed by atoms with Crippen LogP contribution in [0.25, 0.3) is 0 Å². The number of hydrogen-bond acceptors (Lipinski definition) is 4. The first kappa shape index (κ1) is 8.74. The molecule has 0 heterocycles. The highest BCUT2D eigenvalue weighted by atomic mass is 16.5. The van der Waals surface area contributed by atoms with Crippen LogP contribution in [0.5, 0.6) is 0 Å². The number of oxime groups is 1. The van der Waals surface area contributed by atoms with Gasteiger partial charge in [-0.1, -0.05) is 12.1 Å². The summed E-state index contributed by atoms with van der Waals surface area (Å²) in [5, 5.41) is 10.4. The standard InChI is InChI=1S/C5H10N2O3/c1-2-3-10-5(8)4(6)7-9/h9H,2-3H2,1H3,(H2,6,7). The summed E-state index contributed by atoms with van der Waals surface area (Å²) < 4.78 is 4.49. The minimum absolute atomic E-state index is 0.287. The third kappa shape index (κ3) is 2.91. The summed E-state index contributed by atoms with van der Waals surface area (Å²) in [4.78, 5) is 10.5. The van der Waals surface area contributed by atoms with Crippen molar-refractivity contribution in [1.82, 2.24) is 0 Å². The molecule has 5 nitrogen and oxygen atoms in total. The van der Waals surface area contributed by atoms with Gasteiger partial charge in [0.15, 0.2) is 0 Å². The molecule has 58 valence electrons. The van der Waals surface area contributed by atoms with Crippen LogP contribution in [0.4, 0.5) is 0 Å². The van der Waals surface area contributed by atoms with Crippen molar-refractivity contribution in [2.45, 2.75) is 13.3 Å². The van der Waals surface area contributed by atoms with E-state index in [0.717, 1.165) is 0 Å². The fourth-order valence-electron chi connectivity index (χ4n) is 0.310. The average Bonchev–Trinajstić information content (AvgIpc) is 1.98. The van der Waals surface area contributed by atoms with Gasteiger partial charge >= 0.3 is 5.97 Å². The van der Waals surface area contributed by atoms with Gasteiger partial charge in [-0.3, -0.25) is 0 Å². The Morgan fingerprint density at radius 3 is 2.80 bits per heavy atom. The van der Waals surface area contributed by atoms with Crippen LogP contribution in [-0.2, 0) is 9.53 Å². The van der Waals surface area contributed by atoms with Crippen LogP contribution in [-0.4, -0.2) is 23.6 Å². The van der Waals surface area contributed by atoms with Gasteiger partial charge < -0.3 is 15.7 Å². The minimum Gasteiger partial charge on any atom is -0.460 e. The summed E-state index contributed by atoms with van der Waals surface area (Å²) in [6.07, 6.45) is 0.713. The molecule has 0 spiro atoms. The first-order valence-corrected chi connectivity index (χ1v) is 2.87. The van der Waals surface area contributed by atoms with Gasteiger partial charge in [0.1, 0.15) is 0 Å². The van der Waals surface area contributed by atoms with Crippen LogP contribution >= 0.6 is 0 Å². The largest absolute Gasteiger partial charge is 0.460 e. The van der Waals surface area contributed by atoms with Gasteiger partial charge in [0.2, 0.25) is 5.84 Å². The number of nitrogens with zero attached hydrogens (tertiary/aromatic N) is 1. The van der Waals surface area contributed by atoms with E-state index in [-0.39, 0.29) is 6.61 Å². The Hall–Kier alpha value is -1.26. The molecule has 5 heteroatoms. The van der Waals surface area contributed by atoms with E-state index in [4.69, 9.17) is 10.9 Å². The normalized spacial score (nSPS) is 11.1. The number of ether oxygens (including phenoxy) is 1. The van der Waals surface area contributed by atoms with Gasteiger partial charge in [-0.05, 0) is 6.42 Å². The van der Waals surface area contributed by atoms with Crippen molar-refractivity contribution < 1.29 is 14.7 Å². The van der Waals surface area contributed by atoms with E-state index in [1.165, 1.54) is 0 Å². The van der Waals surface area contributed by atoms with Crippen molar-refractivity contribution in [2.24, 2.45) is 10.9 Å². The fourth-order valence-corrected chi connectivity index (χ4v) is 0.310. The zero-order valence-electron chi connectivity index (χ0n) is 5.70. The predicted octanol–water partition coefficient (Wildman–Crippen LogP) is -0.314. The number of nitrogens with two attached hydrogens (primary N) is 1. The Balaban J connectivity index is 3.63. The smallest absolute Gasteiger partial charge is 0.377 e. The molecule has 10 heavy (non-hydrogen) atoms. The molecule has 3 N–H and O–H groups in total. The molecular weight excluding hydrogens is 136 g/mol. The van der Waals surface area contributed by atoms with E-state index in [1.807, 2.05) is 6.92 Å². The number of carbonyl (C=O) groups is 1. The summed E-state index contributed by atoms with van der Waals surface area (Å²) >= 11 is 0. The van der Waals surface area contributed by atoms with E-state index in [2.05, 4.69) is 9.89 Å². The second-order valence-electron chi connectivity index (χ2n) is 1.62. The van der Waals surface area contributed by atoms with Gasteiger partial charge in [0.25, 0.3) is 0 Å². The molecule has 0 atom stereocenters. The maximum absolute atomic E-state index is 10.5. The molecule has 0 saturated carbocycles. The van der Waals surface area contributed by atoms with E-state index in [9.17, 15) is 4.79 Å². The first-order chi connectivity index (χ1) is 4.72. The zero-order chi connectivity index (χ0) is 7.98. The Kier molecular flexibility index (Phi) is 4.02. The van der Waals surface area contributed by atoms with Crippen LogP contribution < -0.4 is 5.73 Å². The Labute approximate surface area is 58.5 Å². The zero-order valence-corrected chi connectivity index (χ0v) is 5.70. The first-order valence-electron chi connectivity index (χ1n) is 2.87. The van der Waals surface area contributed by atoms with Crippen molar-refractivity contribution in [3.63, 3.8) is 0 Å². The topological polar surface area (TPSA) is 84.9 Å². The maximum Gasteiger partial charge on any atom is 0.377 e. The molecule has 0 aliphatic carbocycles. The van der Waals surface area contributed by atoms with E-state index < -0.39 is 11.8 Å². The predicted molar refractivity (Wildman–Crippen MR) is 34.7 cm³/mol. The van der Waals surface area contributed by atoms with Gasteiger partial charge in [-0.15, -0.1) is 0 Å². The Morgan fingerprint density at radius 2 is 2.40 bits per heavy atom. The Morgan fingerprint density at radius 1 is 1.80 bits per heavy atom. The molecule has 0 aromatic heterocycles. The Bertz CT molecular complexity index is 144. The van der Waals surface area contributed by atoms with Crippen molar-refractivity contribution in [1.29, 1.82) is 0 Å². The van der Waals surface area contributed by atoms with Crippen molar-refractivity contribution in [3.05, 3.63) is 0 Å². The molecule has 0 radical (unpaired) electrons. The summed E-state index contributed by atoms with van der Waals surface area (Å²) in [6, 6.07) is 0. The highest BCUT2D eigenvalue weighted by Crippen LogP contribution is 1.81. The van der Waals surface area contributed by atoms with Gasteiger partial charge in [0, 0.05) is 0 Å². The summed E-state index contributed by atoms with van der Waals surface area (Å²) in [7, 11) is 0. The van der Waals surface area contributed by atoms with Crippen molar-refractivity contribution in [2.75, 3.05) is 6.61 Å². The molecule has 0 saturated heterocycles. The van der Waals surface area contributed by atoms with E-state index >= 15 is 0 Å². The van der Waals surface area contributed by atoms with Crippen LogP contribution in [0.3, 0.4) is 0 Å². The molecule has 0 rings (SSSR count). The molecular formula is C5H10N2O3. The number of amidine groups is 1. The van der Waals surface area contributed by atoms with Crippen LogP contribution in [0.2, 0.25) is 0 Å². The van der Waals surface area contributed by atoms with Crippen LogP contribution in [0.1, 0.15) is 13.3 Å². The lowest BCUT2D eigenvalue weighted by molar-refractivity contribution is -0.135. The van der Waals surface area contributed by atoms with Crippen molar-refractivity contribution in [3.8, 4) is 0 Å². The van der Waals surface area contributed by atoms with Crippen molar-refractivity contribution >= 4 is 11.8 Å². The molecule has 0 aromatic rings. The van der Waals surface area contributed by atoms with E-state index in [0.29, 0.717) is 6.42 Å². The van der Waals surface area contributed by atoms with E-state index in [1.54, 1.807) is 0 Å². The maximum atomic E-state index is 10.5. The lowest BCUT2D eigenvalue weighted by Gasteiger charge is -1.98. The van der Waals surface area contributed by atoms with Gasteiger partial charge in [-0.2, -0.15) is 0 Å². The molecule has 0 bridgehead atoms. The van der Waals surface area contributed by atoms with Gasteiger partial charge in [0.05, 0.1) is 6.61 Å². The lowest BCUT2D eigenvalue weighted by Crippen LogP contribution is -2.26. The van der Waals surface area contributed by atoms with Crippen LogP contribution in [0, 0.1) is 0 Å². The summed E-state index contributed by atoms with van der Waals surface area (Å²) in [5.41, 5.74) is 4.88. The SMILES string of the molecule is CCCOC(=O)/C(N)=N\O. The van der Waals surface area contributed by atoms with Gasteiger partial charge in [-0.25, -0.2) is 4.79 Å². The number of carbonyl (C=O) groups excluding carboxylic acids is 1. The number of rotatable bonds is 2. The second kappa shape index (κ2) is 4.60. The molecule has 0 amide bonds. The third-order valence-electron chi connectivity index (χ3n) is 0.754. The van der Waals surface area contributed by atoms with Crippen LogP contribution in [0.15, 0.2) is 5.16 Å². The fraction of sp³-hybridized carbons (Fsp3) is 0.600. The second-order valence-corrected chi connectivity index (χ2v) is 1.62. The quantitative estimate of drug-likeness (QED) is 0.184. The minimum atomic E-state index is -0.788. The highest BCUT2D eigenvalue weighted by molar-refractivity contribution is 6.34. The molecule has 0 unspecified atom stereocenters. The lowest BCUT2D eigenvalue weighted by atomic mass is 10.5. The molecule has 0 fully saturated rings. The monoisotopic (exact) mass is 146 g/mol. The summed E-state index contributed by atoms with van der Waals surface area (Å²) in [5.74, 6) is -1.31. The summed E-state index contributed by atoms with van der Waals surface area (Å²) in [6.45, 7) is 2.13. The third-order valence-corrected chi connectivity index (χ3v) is 0.754. The number of esters is 1. The average molecular weight is 146 g/mol. The number of hydrogen-bond donors (Lipinski definition) is 2.